The maximum atomic E-state index is 5.61. The monoisotopic (exact) mass is 167 g/mol. The van der Waals surface area contributed by atoms with Crippen LogP contribution in [0.3, 0.4) is 0 Å². The molecule has 0 aliphatic carbocycles. The first-order chi connectivity index (χ1) is 5.79. The molecule has 0 spiro atoms. The molecule has 0 radical (unpaired) electrons. The minimum atomic E-state index is 0.311. The second kappa shape index (κ2) is 4.49. The molecule has 3 atom stereocenters. The summed E-state index contributed by atoms with van der Waals surface area (Å²) in [5.41, 5.74) is 0. The standard InChI is InChI=1S/C10H17NO/c1-4-5-9(11-3)10-8(2)6-7-12-10/h1,8-11H,5-7H2,2-3H3. The van der Waals surface area contributed by atoms with Crippen LogP contribution in [0.2, 0.25) is 0 Å². The Kier molecular flexibility index (Phi) is 3.58. The summed E-state index contributed by atoms with van der Waals surface area (Å²) in [6.07, 6.45) is 7.50. The Morgan fingerprint density at radius 1 is 1.75 bits per heavy atom. The molecular weight excluding hydrogens is 150 g/mol. The summed E-state index contributed by atoms with van der Waals surface area (Å²) in [5.74, 6) is 3.31. The quantitative estimate of drug-likeness (QED) is 0.634. The third-order valence-corrected chi connectivity index (χ3v) is 2.55. The Balaban J connectivity index is 2.47. The Morgan fingerprint density at radius 3 is 2.92 bits per heavy atom. The van der Waals surface area contributed by atoms with Gasteiger partial charge < -0.3 is 10.1 Å². The number of nitrogens with one attached hydrogen (secondary N) is 1. The molecule has 1 N–H and O–H groups in total. The molecule has 1 heterocycles. The lowest BCUT2D eigenvalue weighted by Gasteiger charge is -2.23. The molecule has 2 nitrogen and oxygen atoms in total. The summed E-state index contributed by atoms with van der Waals surface area (Å²) in [4.78, 5) is 0. The number of likely N-dealkylation sites (N-methyl/N-ethyl adjacent to an activating group) is 1. The van der Waals surface area contributed by atoms with E-state index in [9.17, 15) is 0 Å². The number of hydrogen-bond donors (Lipinski definition) is 1. The fraction of sp³-hybridized carbons (Fsp3) is 0.800. The SMILES string of the molecule is C#CCC(NC)C1OCCC1C. The zero-order valence-corrected chi connectivity index (χ0v) is 7.84. The summed E-state index contributed by atoms with van der Waals surface area (Å²) in [7, 11) is 1.94. The van der Waals surface area contributed by atoms with Crippen LogP contribution in [0.15, 0.2) is 0 Å². The van der Waals surface area contributed by atoms with Crippen molar-refractivity contribution in [3.8, 4) is 12.3 Å². The molecule has 68 valence electrons. The van der Waals surface area contributed by atoms with Gasteiger partial charge >= 0.3 is 0 Å². The average Bonchev–Trinajstić information content (AvgIpc) is 2.47. The molecular formula is C10H17NO. The fourth-order valence-electron chi connectivity index (χ4n) is 1.74. The van der Waals surface area contributed by atoms with Crippen molar-refractivity contribution >= 4 is 0 Å². The van der Waals surface area contributed by atoms with Crippen LogP contribution >= 0.6 is 0 Å². The highest BCUT2D eigenvalue weighted by Crippen LogP contribution is 2.23. The van der Waals surface area contributed by atoms with Crippen LogP contribution in [0, 0.1) is 18.3 Å². The second-order valence-corrected chi connectivity index (χ2v) is 3.40. The van der Waals surface area contributed by atoms with Crippen molar-refractivity contribution < 1.29 is 4.74 Å². The van der Waals surface area contributed by atoms with Crippen molar-refractivity contribution in [2.45, 2.75) is 31.9 Å². The molecule has 1 saturated heterocycles. The summed E-state index contributed by atoms with van der Waals surface area (Å²) < 4.78 is 5.61. The smallest absolute Gasteiger partial charge is 0.0763 e. The molecule has 3 unspecified atom stereocenters. The zero-order chi connectivity index (χ0) is 8.97. The molecule has 0 aromatic heterocycles. The molecule has 2 heteroatoms. The van der Waals surface area contributed by atoms with Gasteiger partial charge in [-0.25, -0.2) is 0 Å². The Bertz CT molecular complexity index is 173. The van der Waals surface area contributed by atoms with Crippen LogP contribution in [-0.2, 0) is 4.74 Å². The first-order valence-electron chi connectivity index (χ1n) is 4.52. The minimum absolute atomic E-state index is 0.311. The van der Waals surface area contributed by atoms with Gasteiger partial charge in [-0.2, -0.15) is 0 Å². The molecule has 1 fully saturated rings. The fourth-order valence-corrected chi connectivity index (χ4v) is 1.74. The van der Waals surface area contributed by atoms with Gasteiger partial charge in [0.15, 0.2) is 0 Å². The van der Waals surface area contributed by atoms with Crippen molar-refractivity contribution in [1.82, 2.24) is 5.32 Å². The van der Waals surface area contributed by atoms with E-state index in [2.05, 4.69) is 18.2 Å². The molecule has 1 aliphatic rings. The lowest BCUT2D eigenvalue weighted by Crippen LogP contribution is -2.39. The van der Waals surface area contributed by atoms with E-state index in [4.69, 9.17) is 11.2 Å². The highest BCUT2D eigenvalue weighted by Gasteiger charge is 2.30. The summed E-state index contributed by atoms with van der Waals surface area (Å²) >= 11 is 0. The molecule has 0 saturated carbocycles. The summed E-state index contributed by atoms with van der Waals surface area (Å²) in [6.45, 7) is 3.10. The van der Waals surface area contributed by atoms with Crippen LogP contribution in [0.5, 0.6) is 0 Å². The van der Waals surface area contributed by atoms with Gasteiger partial charge in [-0.05, 0) is 19.4 Å². The maximum Gasteiger partial charge on any atom is 0.0763 e. The van der Waals surface area contributed by atoms with Crippen LogP contribution in [0.1, 0.15) is 19.8 Å². The zero-order valence-electron chi connectivity index (χ0n) is 7.84. The molecule has 12 heavy (non-hydrogen) atoms. The number of rotatable bonds is 3. The van der Waals surface area contributed by atoms with Gasteiger partial charge in [0.05, 0.1) is 6.10 Å². The van der Waals surface area contributed by atoms with Crippen molar-refractivity contribution in [2.75, 3.05) is 13.7 Å². The summed E-state index contributed by atoms with van der Waals surface area (Å²) in [5, 5.41) is 3.21. The molecule has 0 aromatic carbocycles. The van der Waals surface area contributed by atoms with Gasteiger partial charge in [-0.1, -0.05) is 6.92 Å². The van der Waals surface area contributed by atoms with Gasteiger partial charge in [0.2, 0.25) is 0 Å². The average molecular weight is 167 g/mol. The Hall–Kier alpha value is -0.520. The van der Waals surface area contributed by atoms with E-state index in [0.29, 0.717) is 18.1 Å². The third kappa shape index (κ3) is 2.00. The number of ether oxygens (including phenoxy) is 1. The van der Waals surface area contributed by atoms with Crippen molar-refractivity contribution in [2.24, 2.45) is 5.92 Å². The van der Waals surface area contributed by atoms with Crippen molar-refractivity contribution in [3.63, 3.8) is 0 Å². The van der Waals surface area contributed by atoms with Crippen molar-refractivity contribution in [1.29, 1.82) is 0 Å². The van der Waals surface area contributed by atoms with Gasteiger partial charge in [0.25, 0.3) is 0 Å². The largest absolute Gasteiger partial charge is 0.376 e. The first-order valence-corrected chi connectivity index (χ1v) is 4.52. The van der Waals surface area contributed by atoms with E-state index in [1.54, 1.807) is 0 Å². The third-order valence-electron chi connectivity index (χ3n) is 2.55. The first kappa shape index (κ1) is 9.57. The Labute approximate surface area is 74.7 Å². The molecule has 0 aromatic rings. The Morgan fingerprint density at radius 2 is 2.50 bits per heavy atom. The second-order valence-electron chi connectivity index (χ2n) is 3.40. The van der Waals surface area contributed by atoms with Gasteiger partial charge in [0, 0.05) is 19.1 Å². The topological polar surface area (TPSA) is 21.3 Å². The van der Waals surface area contributed by atoms with Gasteiger partial charge in [0.1, 0.15) is 0 Å². The van der Waals surface area contributed by atoms with E-state index >= 15 is 0 Å². The molecule has 1 aliphatic heterocycles. The number of terminal acetylenes is 1. The van der Waals surface area contributed by atoms with Crippen LogP contribution in [0.25, 0.3) is 0 Å². The van der Waals surface area contributed by atoms with Crippen molar-refractivity contribution in [3.05, 3.63) is 0 Å². The highest BCUT2D eigenvalue weighted by atomic mass is 16.5. The van der Waals surface area contributed by atoms with E-state index in [1.807, 2.05) is 7.05 Å². The highest BCUT2D eigenvalue weighted by molar-refractivity contribution is 4.95. The lowest BCUT2D eigenvalue weighted by molar-refractivity contribution is 0.0648. The normalized spacial score (nSPS) is 31.4. The van der Waals surface area contributed by atoms with E-state index in [0.717, 1.165) is 19.4 Å². The maximum absolute atomic E-state index is 5.61. The van der Waals surface area contributed by atoms with E-state index < -0.39 is 0 Å². The molecule has 0 bridgehead atoms. The lowest BCUT2D eigenvalue weighted by atomic mass is 9.96. The van der Waals surface area contributed by atoms with E-state index in [1.165, 1.54) is 0 Å². The predicted molar refractivity (Wildman–Crippen MR) is 49.8 cm³/mol. The van der Waals surface area contributed by atoms with E-state index in [-0.39, 0.29) is 0 Å². The van der Waals surface area contributed by atoms with Crippen LogP contribution < -0.4 is 5.32 Å². The predicted octanol–water partition coefficient (Wildman–Crippen LogP) is 1.02. The summed E-state index contributed by atoms with van der Waals surface area (Å²) in [6, 6.07) is 0.326. The van der Waals surface area contributed by atoms with Crippen LogP contribution in [-0.4, -0.2) is 25.8 Å². The van der Waals surface area contributed by atoms with Gasteiger partial charge in [-0.3, -0.25) is 0 Å². The molecule has 0 amide bonds. The van der Waals surface area contributed by atoms with Crippen LogP contribution in [0.4, 0.5) is 0 Å². The minimum Gasteiger partial charge on any atom is -0.376 e. The molecule has 1 rings (SSSR count). The van der Waals surface area contributed by atoms with Gasteiger partial charge in [-0.15, -0.1) is 12.3 Å². The number of hydrogen-bond acceptors (Lipinski definition) is 2.